The van der Waals surface area contributed by atoms with Crippen molar-refractivity contribution in [2.75, 3.05) is 39.4 Å². The molecule has 0 radical (unpaired) electrons. The number of allylic oxidation sites excluding steroid dienone is 4. The van der Waals surface area contributed by atoms with Crippen LogP contribution in [0.4, 0.5) is 11.4 Å². The summed E-state index contributed by atoms with van der Waals surface area (Å²) in [7, 11) is 1.94. The number of hydrogen-bond acceptors (Lipinski definition) is 5. The number of nitrogens with one attached hydrogen (secondary N) is 1. The predicted octanol–water partition coefficient (Wildman–Crippen LogP) is 5.53. The fourth-order valence-corrected chi connectivity index (χ4v) is 6.88. The zero-order valence-electron chi connectivity index (χ0n) is 25.6. The molecule has 0 saturated heterocycles. The van der Waals surface area contributed by atoms with Gasteiger partial charge < -0.3 is 24.4 Å². The topological polar surface area (TPSA) is 91.1 Å². The van der Waals surface area contributed by atoms with Gasteiger partial charge in [0.05, 0.1) is 24.2 Å². The summed E-state index contributed by atoms with van der Waals surface area (Å²) in [5.41, 5.74) is 7.06. The number of hydrogen-bond donors (Lipinski definition) is 2. The van der Waals surface area contributed by atoms with Gasteiger partial charge in [-0.1, -0.05) is 38.1 Å². The van der Waals surface area contributed by atoms with Gasteiger partial charge in [-0.25, -0.2) is 0 Å². The molecule has 0 saturated carbocycles. The second kappa shape index (κ2) is 11.3. The van der Waals surface area contributed by atoms with Crippen LogP contribution < -0.4 is 10.2 Å². The van der Waals surface area contributed by atoms with E-state index < -0.39 is 19.7 Å². The molecule has 2 aromatic rings. The number of methoxy groups -OCH3 is 1. The molecular formula is C32H43N3O5P+. The van der Waals surface area contributed by atoms with Gasteiger partial charge in [-0.2, -0.15) is 4.58 Å². The first-order valence-corrected chi connectivity index (χ1v) is 15.9. The van der Waals surface area contributed by atoms with Crippen LogP contribution in [-0.4, -0.2) is 67.7 Å². The van der Waals surface area contributed by atoms with Gasteiger partial charge in [-0.15, -0.1) is 0 Å². The van der Waals surface area contributed by atoms with Crippen molar-refractivity contribution < 1.29 is 28.1 Å². The van der Waals surface area contributed by atoms with E-state index in [1.54, 1.807) is 13.0 Å². The molecule has 0 spiro atoms. The highest BCUT2D eigenvalue weighted by Gasteiger charge is 2.43. The normalized spacial score (nSPS) is 21.1. The fraction of sp³-hybridized carbons (Fsp3) is 0.438. The van der Waals surface area contributed by atoms with E-state index in [0.717, 1.165) is 23.6 Å². The van der Waals surface area contributed by atoms with E-state index in [9.17, 15) is 14.3 Å². The molecule has 3 atom stereocenters. The van der Waals surface area contributed by atoms with Crippen molar-refractivity contribution >= 4 is 30.6 Å². The third-order valence-electron chi connectivity index (χ3n) is 8.33. The molecular weight excluding hydrogens is 537 g/mol. The molecule has 0 aromatic heterocycles. The lowest BCUT2D eigenvalue weighted by Gasteiger charge is -2.26. The van der Waals surface area contributed by atoms with Crippen molar-refractivity contribution in [2.45, 2.75) is 57.6 Å². The SMILES string of the molecule is COCC(NC(=O)c1ccc2c(c1)C(C)(C)/C(=C\C=C\C1=[N+](C)c3ccccc3C1(C)C)N2C)C(C)OP(C)(=O)O. The van der Waals surface area contributed by atoms with E-state index in [2.05, 4.69) is 92.0 Å². The zero-order valence-corrected chi connectivity index (χ0v) is 26.5. The van der Waals surface area contributed by atoms with Gasteiger partial charge in [0.25, 0.3) is 5.91 Å². The summed E-state index contributed by atoms with van der Waals surface area (Å²) in [5, 5.41) is 2.91. The Hall–Kier alpha value is -3.03. The lowest BCUT2D eigenvalue weighted by Crippen LogP contribution is -2.45. The number of ether oxygens (including phenoxy) is 1. The van der Waals surface area contributed by atoms with E-state index in [0.29, 0.717) is 5.56 Å². The van der Waals surface area contributed by atoms with Crippen LogP contribution in [0.25, 0.3) is 0 Å². The maximum atomic E-state index is 13.3. The summed E-state index contributed by atoms with van der Waals surface area (Å²) >= 11 is 0. The van der Waals surface area contributed by atoms with Gasteiger partial charge in [0.1, 0.15) is 7.05 Å². The minimum Gasteiger partial charge on any atom is -0.382 e. The molecule has 2 aliphatic heterocycles. The first kappa shape index (κ1) is 30.9. The summed E-state index contributed by atoms with van der Waals surface area (Å²) in [4.78, 5) is 25.1. The summed E-state index contributed by atoms with van der Waals surface area (Å²) in [5.74, 6) is -0.299. The number of amides is 1. The van der Waals surface area contributed by atoms with Gasteiger partial charge in [0, 0.05) is 60.9 Å². The molecule has 2 aromatic carbocycles. The molecule has 0 bridgehead atoms. The summed E-state index contributed by atoms with van der Waals surface area (Å²) in [6.45, 7) is 11.7. The fourth-order valence-electron chi connectivity index (χ4n) is 6.12. The number of anilines is 1. The standard InChI is InChI=1S/C32H42N3O5P/c1-21(40-41(9,37)38)25(20-39-8)33-30(36)22-17-18-27-24(19-22)32(4,5)29(35(27)7)16-12-15-28-31(2,3)23-13-10-11-14-26(23)34(28)6/h10-19,21,25H,20H2,1-9H3,(H-,33,36,37,38)/p+1. The third kappa shape index (κ3) is 5.98. The van der Waals surface area contributed by atoms with Crippen molar-refractivity contribution in [3.05, 3.63) is 83.1 Å². The Balaban J connectivity index is 1.58. The number of carbonyl (C=O) groups is 1. The number of likely N-dealkylation sites (N-methyl/N-ethyl adjacent to an activating group) is 1. The lowest BCUT2D eigenvalue weighted by molar-refractivity contribution is -0.401. The van der Waals surface area contributed by atoms with E-state index in [1.165, 1.54) is 24.1 Å². The predicted molar refractivity (Wildman–Crippen MR) is 165 cm³/mol. The Morgan fingerprint density at radius 2 is 1.83 bits per heavy atom. The summed E-state index contributed by atoms with van der Waals surface area (Å²) in [6.07, 6.45) is 5.76. The molecule has 220 valence electrons. The molecule has 0 fully saturated rings. The van der Waals surface area contributed by atoms with E-state index in [4.69, 9.17) is 9.26 Å². The Labute approximate surface area is 243 Å². The second-order valence-corrected chi connectivity index (χ2v) is 13.9. The van der Waals surface area contributed by atoms with Crippen molar-refractivity contribution in [1.29, 1.82) is 0 Å². The summed E-state index contributed by atoms with van der Waals surface area (Å²) < 4.78 is 24.5. The van der Waals surface area contributed by atoms with Crippen LogP contribution in [0.2, 0.25) is 0 Å². The molecule has 3 unspecified atom stereocenters. The van der Waals surface area contributed by atoms with Crippen LogP contribution in [0.5, 0.6) is 0 Å². The van der Waals surface area contributed by atoms with Crippen LogP contribution in [0.1, 0.15) is 56.1 Å². The first-order chi connectivity index (χ1) is 19.1. The van der Waals surface area contributed by atoms with Crippen molar-refractivity contribution in [1.82, 2.24) is 5.32 Å². The van der Waals surface area contributed by atoms with Gasteiger partial charge in [-0.05, 0) is 50.6 Å². The number of rotatable bonds is 9. The average Bonchev–Trinajstić information content (AvgIpc) is 3.21. The van der Waals surface area contributed by atoms with Crippen LogP contribution >= 0.6 is 7.60 Å². The van der Waals surface area contributed by atoms with Gasteiger partial charge in [0.15, 0.2) is 5.71 Å². The molecule has 2 aliphatic rings. The molecule has 4 rings (SSSR count). The highest BCUT2D eigenvalue weighted by atomic mass is 31.2. The highest BCUT2D eigenvalue weighted by Crippen LogP contribution is 2.47. The van der Waals surface area contributed by atoms with E-state index in [-0.39, 0.29) is 23.3 Å². The average molecular weight is 581 g/mol. The summed E-state index contributed by atoms with van der Waals surface area (Å²) in [6, 6.07) is 13.6. The van der Waals surface area contributed by atoms with Crippen molar-refractivity contribution in [3.63, 3.8) is 0 Å². The molecule has 9 heteroatoms. The van der Waals surface area contributed by atoms with Crippen LogP contribution in [0, 0.1) is 0 Å². The van der Waals surface area contributed by atoms with Crippen molar-refractivity contribution in [3.8, 4) is 0 Å². The number of benzene rings is 2. The molecule has 41 heavy (non-hydrogen) atoms. The van der Waals surface area contributed by atoms with Gasteiger partial charge in [-0.3, -0.25) is 9.36 Å². The number of para-hydroxylation sites is 1. The van der Waals surface area contributed by atoms with E-state index in [1.807, 2.05) is 19.2 Å². The van der Waals surface area contributed by atoms with Crippen LogP contribution in [0.15, 0.2) is 66.4 Å². The zero-order chi connectivity index (χ0) is 30.3. The molecule has 0 aliphatic carbocycles. The lowest BCUT2D eigenvalue weighted by atomic mass is 9.81. The molecule has 1 amide bonds. The maximum Gasteiger partial charge on any atom is 0.325 e. The van der Waals surface area contributed by atoms with Crippen LogP contribution in [0.3, 0.4) is 0 Å². The number of carbonyl (C=O) groups excluding carboxylic acids is 1. The smallest absolute Gasteiger partial charge is 0.325 e. The van der Waals surface area contributed by atoms with Gasteiger partial charge >= 0.3 is 7.60 Å². The number of nitrogens with zero attached hydrogens (tertiary/aromatic N) is 2. The Morgan fingerprint density at radius 3 is 2.46 bits per heavy atom. The van der Waals surface area contributed by atoms with Crippen LogP contribution in [-0.2, 0) is 24.7 Å². The Morgan fingerprint density at radius 1 is 1.15 bits per heavy atom. The minimum absolute atomic E-state index is 0.100. The molecule has 2 heterocycles. The Kier molecular flexibility index (Phi) is 8.55. The minimum atomic E-state index is -3.73. The Bertz CT molecular complexity index is 1480. The number of fused-ring (bicyclic) bond motifs is 2. The highest BCUT2D eigenvalue weighted by molar-refractivity contribution is 7.51. The quantitative estimate of drug-likeness (QED) is 0.300. The maximum absolute atomic E-state index is 13.3. The first-order valence-electron chi connectivity index (χ1n) is 13.9. The molecule has 2 N–H and O–H groups in total. The largest absolute Gasteiger partial charge is 0.382 e. The van der Waals surface area contributed by atoms with Gasteiger partial charge in [0.2, 0.25) is 5.69 Å². The molecule has 8 nitrogen and oxygen atoms in total. The van der Waals surface area contributed by atoms with E-state index >= 15 is 0 Å². The third-order valence-corrected chi connectivity index (χ3v) is 9.06. The monoisotopic (exact) mass is 580 g/mol. The second-order valence-electron chi connectivity index (χ2n) is 12.1. The van der Waals surface area contributed by atoms with Crippen molar-refractivity contribution in [2.24, 2.45) is 0 Å².